The SMILES string of the molecule is OC(Cc1cccc(Br)c1)Cc1ccc2ccccc2c1. The molecule has 0 heterocycles. The molecule has 106 valence electrons. The van der Waals surface area contributed by atoms with Crippen LogP contribution in [-0.2, 0) is 12.8 Å². The summed E-state index contributed by atoms with van der Waals surface area (Å²) in [4.78, 5) is 0. The molecule has 0 spiro atoms. The van der Waals surface area contributed by atoms with E-state index in [9.17, 15) is 5.11 Å². The molecule has 3 aromatic carbocycles. The normalized spacial score (nSPS) is 12.5. The lowest BCUT2D eigenvalue weighted by atomic mass is 9.99. The first-order valence-corrected chi connectivity index (χ1v) is 7.90. The van der Waals surface area contributed by atoms with Gasteiger partial charge >= 0.3 is 0 Å². The second-order valence-electron chi connectivity index (χ2n) is 5.37. The van der Waals surface area contributed by atoms with E-state index in [2.05, 4.69) is 52.3 Å². The van der Waals surface area contributed by atoms with Crippen molar-refractivity contribution in [3.05, 3.63) is 82.3 Å². The fraction of sp³-hybridized carbons (Fsp3) is 0.158. The lowest BCUT2D eigenvalue weighted by molar-refractivity contribution is 0.175. The van der Waals surface area contributed by atoms with E-state index >= 15 is 0 Å². The number of fused-ring (bicyclic) bond motifs is 1. The minimum absolute atomic E-state index is 0.361. The van der Waals surface area contributed by atoms with Crippen molar-refractivity contribution >= 4 is 26.7 Å². The van der Waals surface area contributed by atoms with Crippen LogP contribution in [0, 0.1) is 0 Å². The van der Waals surface area contributed by atoms with Gasteiger partial charge in [0.1, 0.15) is 0 Å². The Bertz CT molecular complexity index is 751. The molecular weight excluding hydrogens is 324 g/mol. The van der Waals surface area contributed by atoms with Crippen LogP contribution in [0.1, 0.15) is 11.1 Å². The highest BCUT2D eigenvalue weighted by atomic mass is 79.9. The fourth-order valence-corrected chi connectivity index (χ4v) is 3.09. The monoisotopic (exact) mass is 340 g/mol. The van der Waals surface area contributed by atoms with Crippen LogP contribution in [0.25, 0.3) is 10.8 Å². The van der Waals surface area contributed by atoms with Gasteiger partial charge in [-0.2, -0.15) is 0 Å². The highest BCUT2D eigenvalue weighted by Crippen LogP contribution is 2.18. The number of halogens is 1. The lowest BCUT2D eigenvalue weighted by Gasteiger charge is -2.12. The number of aliphatic hydroxyl groups is 1. The highest BCUT2D eigenvalue weighted by molar-refractivity contribution is 9.10. The zero-order chi connectivity index (χ0) is 14.7. The van der Waals surface area contributed by atoms with Crippen LogP contribution < -0.4 is 0 Å². The molecule has 0 bridgehead atoms. The first-order chi connectivity index (χ1) is 10.2. The van der Waals surface area contributed by atoms with Gasteiger partial charge < -0.3 is 5.11 Å². The molecule has 3 aromatic rings. The van der Waals surface area contributed by atoms with Gasteiger partial charge in [0.2, 0.25) is 0 Å². The summed E-state index contributed by atoms with van der Waals surface area (Å²) in [6.45, 7) is 0. The minimum Gasteiger partial charge on any atom is -0.392 e. The minimum atomic E-state index is -0.361. The quantitative estimate of drug-likeness (QED) is 0.726. The van der Waals surface area contributed by atoms with Crippen LogP contribution in [0.4, 0.5) is 0 Å². The Morgan fingerprint density at radius 2 is 1.48 bits per heavy atom. The number of hydrogen-bond acceptors (Lipinski definition) is 1. The second-order valence-corrected chi connectivity index (χ2v) is 6.29. The Kier molecular flexibility index (Phi) is 4.37. The van der Waals surface area contributed by atoms with E-state index in [1.807, 2.05) is 30.3 Å². The molecule has 0 saturated carbocycles. The van der Waals surface area contributed by atoms with Crippen LogP contribution in [0.3, 0.4) is 0 Å². The van der Waals surface area contributed by atoms with Crippen molar-refractivity contribution in [2.45, 2.75) is 18.9 Å². The van der Waals surface area contributed by atoms with E-state index in [1.165, 1.54) is 16.3 Å². The number of hydrogen-bond donors (Lipinski definition) is 1. The predicted molar refractivity (Wildman–Crippen MR) is 91.5 cm³/mol. The maximum absolute atomic E-state index is 10.3. The Balaban J connectivity index is 1.72. The number of benzene rings is 3. The van der Waals surface area contributed by atoms with E-state index in [0.29, 0.717) is 12.8 Å². The summed E-state index contributed by atoms with van der Waals surface area (Å²) in [5.74, 6) is 0. The van der Waals surface area contributed by atoms with Crippen LogP contribution in [0.5, 0.6) is 0 Å². The van der Waals surface area contributed by atoms with Gasteiger partial charge in [-0.3, -0.25) is 0 Å². The third-order valence-electron chi connectivity index (χ3n) is 3.65. The Morgan fingerprint density at radius 3 is 2.24 bits per heavy atom. The van der Waals surface area contributed by atoms with Crippen LogP contribution in [-0.4, -0.2) is 11.2 Å². The molecule has 0 aliphatic heterocycles. The van der Waals surface area contributed by atoms with Crippen molar-refractivity contribution in [2.24, 2.45) is 0 Å². The Morgan fingerprint density at radius 1 is 0.762 bits per heavy atom. The highest BCUT2D eigenvalue weighted by Gasteiger charge is 2.08. The molecule has 0 amide bonds. The molecule has 1 N–H and O–H groups in total. The van der Waals surface area contributed by atoms with Gasteiger partial charge in [-0.05, 0) is 46.9 Å². The number of aliphatic hydroxyl groups excluding tert-OH is 1. The summed E-state index contributed by atoms with van der Waals surface area (Å²) in [6.07, 6.45) is 0.990. The van der Waals surface area contributed by atoms with Crippen molar-refractivity contribution < 1.29 is 5.11 Å². The topological polar surface area (TPSA) is 20.2 Å². The van der Waals surface area contributed by atoms with E-state index < -0.39 is 0 Å². The predicted octanol–water partition coefficient (Wildman–Crippen LogP) is 4.75. The molecule has 0 aliphatic rings. The number of rotatable bonds is 4. The van der Waals surface area contributed by atoms with Gasteiger partial charge in [-0.25, -0.2) is 0 Å². The molecule has 1 atom stereocenters. The van der Waals surface area contributed by atoms with Gasteiger partial charge in [0, 0.05) is 4.47 Å². The molecule has 21 heavy (non-hydrogen) atoms. The molecule has 1 nitrogen and oxygen atoms in total. The Labute approximate surface area is 133 Å². The van der Waals surface area contributed by atoms with Gasteiger partial charge in [-0.15, -0.1) is 0 Å². The lowest BCUT2D eigenvalue weighted by Crippen LogP contribution is -2.13. The van der Waals surface area contributed by atoms with E-state index in [1.54, 1.807) is 0 Å². The van der Waals surface area contributed by atoms with Gasteiger partial charge in [-0.1, -0.05) is 70.5 Å². The van der Waals surface area contributed by atoms with Crippen molar-refractivity contribution in [3.63, 3.8) is 0 Å². The largest absolute Gasteiger partial charge is 0.392 e. The first kappa shape index (κ1) is 14.3. The molecule has 0 fully saturated rings. The smallest absolute Gasteiger partial charge is 0.0620 e. The van der Waals surface area contributed by atoms with Crippen LogP contribution >= 0.6 is 15.9 Å². The summed E-state index contributed by atoms with van der Waals surface area (Å²) in [5, 5.41) is 12.8. The summed E-state index contributed by atoms with van der Waals surface area (Å²) in [5.41, 5.74) is 2.33. The van der Waals surface area contributed by atoms with Crippen molar-refractivity contribution in [3.8, 4) is 0 Å². The molecule has 0 radical (unpaired) electrons. The average Bonchev–Trinajstić information content (AvgIpc) is 2.47. The van der Waals surface area contributed by atoms with E-state index in [0.717, 1.165) is 10.0 Å². The van der Waals surface area contributed by atoms with Crippen molar-refractivity contribution in [1.29, 1.82) is 0 Å². The molecule has 0 saturated heterocycles. The maximum Gasteiger partial charge on any atom is 0.0620 e. The maximum atomic E-state index is 10.3. The van der Waals surface area contributed by atoms with E-state index in [-0.39, 0.29) is 6.10 Å². The second kappa shape index (κ2) is 6.42. The standard InChI is InChI=1S/C19H17BrO/c20-18-7-3-4-14(11-18)12-19(21)13-15-8-9-16-5-1-2-6-17(16)10-15/h1-11,19,21H,12-13H2. The van der Waals surface area contributed by atoms with Crippen molar-refractivity contribution in [1.82, 2.24) is 0 Å². The van der Waals surface area contributed by atoms with Gasteiger partial charge in [0.15, 0.2) is 0 Å². The Hall–Kier alpha value is -1.64. The zero-order valence-corrected chi connectivity index (χ0v) is 13.3. The molecule has 1 unspecified atom stereocenters. The third-order valence-corrected chi connectivity index (χ3v) is 4.14. The summed E-state index contributed by atoms with van der Waals surface area (Å²) >= 11 is 3.46. The molecule has 0 aromatic heterocycles. The zero-order valence-electron chi connectivity index (χ0n) is 11.7. The molecule has 2 heteroatoms. The third kappa shape index (κ3) is 3.72. The van der Waals surface area contributed by atoms with Crippen LogP contribution in [0.2, 0.25) is 0 Å². The summed E-state index contributed by atoms with van der Waals surface area (Å²) in [6, 6.07) is 22.8. The summed E-state index contributed by atoms with van der Waals surface area (Å²) < 4.78 is 1.05. The molecule has 0 aliphatic carbocycles. The summed E-state index contributed by atoms with van der Waals surface area (Å²) in [7, 11) is 0. The van der Waals surface area contributed by atoms with Gasteiger partial charge in [0.25, 0.3) is 0 Å². The average molecular weight is 341 g/mol. The molecule has 3 rings (SSSR count). The van der Waals surface area contributed by atoms with Crippen molar-refractivity contribution in [2.75, 3.05) is 0 Å². The van der Waals surface area contributed by atoms with Gasteiger partial charge in [0.05, 0.1) is 6.10 Å². The molecular formula is C19H17BrO. The van der Waals surface area contributed by atoms with E-state index in [4.69, 9.17) is 0 Å². The first-order valence-electron chi connectivity index (χ1n) is 7.11. The fourth-order valence-electron chi connectivity index (χ4n) is 2.65. The van der Waals surface area contributed by atoms with Crippen LogP contribution in [0.15, 0.2) is 71.2 Å².